The van der Waals surface area contributed by atoms with E-state index in [4.69, 9.17) is 9.15 Å². The number of furan rings is 1. The van der Waals surface area contributed by atoms with Gasteiger partial charge in [-0.15, -0.1) is 0 Å². The number of ether oxygens (including phenoxy) is 1. The maximum Gasteiger partial charge on any atom is 0.338 e. The molecular weight excluding hydrogens is 408 g/mol. The molecule has 0 aliphatic rings. The highest BCUT2D eigenvalue weighted by molar-refractivity contribution is 7.89. The second-order valence-electron chi connectivity index (χ2n) is 6.33. The Hall–Kier alpha value is -3.43. The van der Waals surface area contributed by atoms with Gasteiger partial charge in [0.1, 0.15) is 5.76 Å². The van der Waals surface area contributed by atoms with E-state index in [2.05, 4.69) is 10.0 Å². The second kappa shape index (κ2) is 9.38. The molecule has 2 N–H and O–H groups in total. The summed E-state index contributed by atoms with van der Waals surface area (Å²) in [6, 6.07) is 17.3. The van der Waals surface area contributed by atoms with E-state index in [9.17, 15) is 18.0 Å². The van der Waals surface area contributed by atoms with Gasteiger partial charge in [0.2, 0.25) is 10.0 Å². The summed E-state index contributed by atoms with van der Waals surface area (Å²) in [4.78, 5) is 24.4. The van der Waals surface area contributed by atoms with Crippen LogP contribution in [0.25, 0.3) is 0 Å². The Bertz CT molecular complexity index is 1090. The summed E-state index contributed by atoms with van der Waals surface area (Å²) in [6.45, 7) is 1.46. The van der Waals surface area contributed by atoms with Gasteiger partial charge >= 0.3 is 5.97 Å². The van der Waals surface area contributed by atoms with Gasteiger partial charge in [-0.1, -0.05) is 18.2 Å². The molecule has 2 aromatic carbocycles. The van der Waals surface area contributed by atoms with Crippen LogP contribution < -0.4 is 10.0 Å². The Morgan fingerprint density at radius 1 is 1.00 bits per heavy atom. The van der Waals surface area contributed by atoms with Crippen molar-refractivity contribution in [3.8, 4) is 0 Å². The third kappa shape index (κ3) is 5.56. The lowest BCUT2D eigenvalue weighted by Crippen LogP contribution is -2.30. The van der Waals surface area contributed by atoms with Crippen LogP contribution in [0.15, 0.2) is 82.3 Å². The zero-order valence-corrected chi connectivity index (χ0v) is 16.9. The van der Waals surface area contributed by atoms with E-state index in [0.29, 0.717) is 11.4 Å². The van der Waals surface area contributed by atoms with Gasteiger partial charge < -0.3 is 14.5 Å². The van der Waals surface area contributed by atoms with Gasteiger partial charge in [0, 0.05) is 5.69 Å². The summed E-state index contributed by atoms with van der Waals surface area (Å²) in [5, 5.41) is 2.64. The molecular formula is C21H20N2O6S. The Kier molecular flexibility index (Phi) is 6.65. The first-order chi connectivity index (χ1) is 14.3. The van der Waals surface area contributed by atoms with Crippen LogP contribution in [0.2, 0.25) is 0 Å². The molecule has 3 aromatic rings. The first kappa shape index (κ1) is 21.3. The van der Waals surface area contributed by atoms with Crippen LogP contribution in [-0.2, 0) is 26.1 Å². The minimum Gasteiger partial charge on any atom is -0.468 e. The van der Waals surface area contributed by atoms with Crippen molar-refractivity contribution in [1.29, 1.82) is 0 Å². The molecule has 0 fully saturated rings. The van der Waals surface area contributed by atoms with Gasteiger partial charge in [-0.05, 0) is 55.5 Å². The van der Waals surface area contributed by atoms with Crippen LogP contribution in [0, 0.1) is 0 Å². The zero-order valence-electron chi connectivity index (χ0n) is 16.1. The van der Waals surface area contributed by atoms with Crippen molar-refractivity contribution < 1.29 is 27.2 Å². The van der Waals surface area contributed by atoms with Crippen molar-refractivity contribution in [3.05, 3.63) is 84.3 Å². The molecule has 0 saturated heterocycles. The standard InChI is InChI=1S/C21H20N2O6S/c1-15(20(24)23-17-6-3-2-4-7-17)29-21(25)16-9-11-19(12-10-16)30(26,27)22-14-18-8-5-13-28-18/h2-13,15,22H,14H2,1H3,(H,23,24)/t15-/m1/s1. The lowest BCUT2D eigenvalue weighted by Gasteiger charge is -2.13. The molecule has 1 heterocycles. The molecule has 0 bridgehead atoms. The maximum absolute atomic E-state index is 12.3. The van der Waals surface area contributed by atoms with Gasteiger partial charge in [0.05, 0.1) is 23.3 Å². The number of nitrogens with one attached hydrogen (secondary N) is 2. The summed E-state index contributed by atoms with van der Waals surface area (Å²) in [5.41, 5.74) is 0.710. The number of amides is 1. The molecule has 3 rings (SSSR count). The minimum atomic E-state index is -3.78. The number of carbonyl (C=O) groups is 2. The fourth-order valence-electron chi connectivity index (χ4n) is 2.48. The van der Waals surface area contributed by atoms with Gasteiger partial charge in [-0.3, -0.25) is 4.79 Å². The van der Waals surface area contributed by atoms with Crippen molar-refractivity contribution in [2.75, 3.05) is 5.32 Å². The molecule has 8 nitrogen and oxygen atoms in total. The molecule has 1 atom stereocenters. The molecule has 0 unspecified atom stereocenters. The molecule has 0 aliphatic heterocycles. The Morgan fingerprint density at radius 2 is 1.70 bits per heavy atom. The fourth-order valence-corrected chi connectivity index (χ4v) is 3.47. The number of para-hydroxylation sites is 1. The highest BCUT2D eigenvalue weighted by Crippen LogP contribution is 2.14. The molecule has 9 heteroatoms. The van der Waals surface area contributed by atoms with Crippen LogP contribution in [0.4, 0.5) is 5.69 Å². The van der Waals surface area contributed by atoms with Crippen molar-refractivity contribution in [2.45, 2.75) is 24.5 Å². The fraction of sp³-hybridized carbons (Fsp3) is 0.143. The zero-order chi connectivity index (χ0) is 21.6. The molecule has 0 spiro atoms. The predicted molar refractivity (Wildman–Crippen MR) is 109 cm³/mol. The van der Waals surface area contributed by atoms with Gasteiger partial charge in [-0.2, -0.15) is 0 Å². The quantitative estimate of drug-likeness (QED) is 0.533. The topological polar surface area (TPSA) is 115 Å². The summed E-state index contributed by atoms with van der Waals surface area (Å²) in [5.74, 6) is -0.740. The SMILES string of the molecule is C[C@@H](OC(=O)c1ccc(S(=O)(=O)NCc2ccco2)cc1)C(=O)Nc1ccccc1. The van der Waals surface area contributed by atoms with Crippen molar-refractivity contribution in [3.63, 3.8) is 0 Å². The normalized spacial score (nSPS) is 12.2. The summed E-state index contributed by atoms with van der Waals surface area (Å²) >= 11 is 0. The van der Waals surface area contributed by atoms with Crippen molar-refractivity contribution in [2.24, 2.45) is 0 Å². The maximum atomic E-state index is 12.3. The van der Waals surface area contributed by atoms with Crippen LogP contribution in [0.3, 0.4) is 0 Å². The Balaban J connectivity index is 1.58. The monoisotopic (exact) mass is 428 g/mol. The lowest BCUT2D eigenvalue weighted by molar-refractivity contribution is -0.123. The van der Waals surface area contributed by atoms with E-state index in [0.717, 1.165) is 0 Å². The van der Waals surface area contributed by atoms with Crippen LogP contribution in [0.1, 0.15) is 23.0 Å². The highest BCUT2D eigenvalue weighted by atomic mass is 32.2. The minimum absolute atomic E-state index is 0.00711. The molecule has 0 saturated carbocycles. The molecule has 30 heavy (non-hydrogen) atoms. The smallest absolute Gasteiger partial charge is 0.338 e. The highest BCUT2D eigenvalue weighted by Gasteiger charge is 2.20. The predicted octanol–water partition coefficient (Wildman–Crippen LogP) is 2.94. The number of benzene rings is 2. The molecule has 1 amide bonds. The number of esters is 1. The van der Waals surface area contributed by atoms with E-state index >= 15 is 0 Å². The second-order valence-corrected chi connectivity index (χ2v) is 8.10. The summed E-state index contributed by atoms with van der Waals surface area (Å²) < 4.78 is 37.3. The molecule has 1 aromatic heterocycles. The molecule has 0 aliphatic carbocycles. The number of hydrogen-bond acceptors (Lipinski definition) is 6. The third-order valence-corrected chi connectivity index (χ3v) is 5.53. The summed E-state index contributed by atoms with van der Waals surface area (Å²) in [7, 11) is -3.78. The van der Waals surface area contributed by atoms with Crippen LogP contribution >= 0.6 is 0 Å². The Labute approximate surface area is 173 Å². The number of sulfonamides is 1. The van der Waals surface area contributed by atoms with Gasteiger partial charge in [0.25, 0.3) is 5.91 Å². The largest absolute Gasteiger partial charge is 0.468 e. The number of carbonyl (C=O) groups excluding carboxylic acids is 2. The van der Waals surface area contributed by atoms with Gasteiger partial charge in [-0.25, -0.2) is 17.9 Å². The van der Waals surface area contributed by atoms with Crippen LogP contribution in [-0.4, -0.2) is 26.4 Å². The van der Waals surface area contributed by atoms with E-state index in [1.807, 2.05) is 6.07 Å². The molecule has 156 valence electrons. The lowest BCUT2D eigenvalue weighted by atomic mass is 10.2. The van der Waals surface area contributed by atoms with E-state index in [-0.39, 0.29) is 17.0 Å². The average molecular weight is 428 g/mol. The van der Waals surface area contributed by atoms with Crippen molar-refractivity contribution in [1.82, 2.24) is 4.72 Å². The first-order valence-electron chi connectivity index (χ1n) is 9.04. The first-order valence-corrected chi connectivity index (χ1v) is 10.5. The van der Waals surface area contributed by atoms with Crippen LogP contribution in [0.5, 0.6) is 0 Å². The number of hydrogen-bond donors (Lipinski definition) is 2. The number of anilines is 1. The van der Waals surface area contributed by atoms with Gasteiger partial charge in [0.15, 0.2) is 6.10 Å². The third-order valence-electron chi connectivity index (χ3n) is 4.11. The Morgan fingerprint density at radius 3 is 2.33 bits per heavy atom. The van der Waals surface area contributed by atoms with Crippen molar-refractivity contribution >= 4 is 27.6 Å². The average Bonchev–Trinajstić information content (AvgIpc) is 3.27. The van der Waals surface area contributed by atoms with E-state index < -0.39 is 28.0 Å². The number of rotatable bonds is 8. The van der Waals surface area contributed by atoms with E-state index in [1.165, 1.54) is 37.5 Å². The summed E-state index contributed by atoms with van der Waals surface area (Å²) in [6.07, 6.45) is 0.418. The molecule has 0 radical (unpaired) electrons. The van der Waals surface area contributed by atoms with E-state index in [1.54, 1.807) is 36.4 Å².